The van der Waals surface area contributed by atoms with Gasteiger partial charge >= 0.3 is 0 Å². The van der Waals surface area contributed by atoms with Gasteiger partial charge in [-0.1, -0.05) is 12.1 Å². The molecule has 0 amide bonds. The monoisotopic (exact) mass is 215 g/mol. The fourth-order valence-electron chi connectivity index (χ4n) is 2.31. The van der Waals surface area contributed by atoms with Crippen molar-refractivity contribution in [1.82, 2.24) is 0 Å². The van der Waals surface area contributed by atoms with Crippen molar-refractivity contribution in [2.24, 2.45) is 0 Å². The summed E-state index contributed by atoms with van der Waals surface area (Å²) in [6.45, 7) is 1.93. The van der Waals surface area contributed by atoms with Gasteiger partial charge in [0.15, 0.2) is 0 Å². The predicted molar refractivity (Wildman–Crippen MR) is 59.3 cm³/mol. The lowest BCUT2D eigenvalue weighted by atomic mass is 9.63. The molecular formula is C13H13NO2. The molecule has 0 spiro atoms. The molecule has 1 aromatic carbocycles. The lowest BCUT2D eigenvalue weighted by molar-refractivity contribution is -0.126. The van der Waals surface area contributed by atoms with Crippen LogP contribution in [0.3, 0.4) is 0 Å². The average Bonchev–Trinajstić information content (AvgIpc) is 2.25. The highest BCUT2D eigenvalue weighted by molar-refractivity contribution is 5.90. The van der Waals surface area contributed by atoms with Crippen LogP contribution >= 0.6 is 0 Å². The van der Waals surface area contributed by atoms with Crippen LogP contribution in [-0.4, -0.2) is 12.9 Å². The standard InChI is InChI=1S/C13H13NO2/c1-9-11(4-3-5-12(9)16-2)13(8-14)6-10(15)7-13/h3-5H,6-7H2,1-2H3. The largest absolute Gasteiger partial charge is 0.496 e. The highest BCUT2D eigenvalue weighted by Gasteiger charge is 2.46. The molecule has 1 aromatic rings. The molecule has 82 valence electrons. The summed E-state index contributed by atoms with van der Waals surface area (Å²) in [4.78, 5) is 11.1. The van der Waals surface area contributed by atoms with E-state index >= 15 is 0 Å². The van der Waals surface area contributed by atoms with Crippen LogP contribution in [0.25, 0.3) is 0 Å². The number of ketones is 1. The average molecular weight is 215 g/mol. The molecule has 16 heavy (non-hydrogen) atoms. The normalized spacial score (nSPS) is 17.4. The van der Waals surface area contributed by atoms with Crippen molar-refractivity contribution in [2.45, 2.75) is 25.2 Å². The second-order valence-electron chi connectivity index (χ2n) is 4.22. The molecular weight excluding hydrogens is 202 g/mol. The Balaban J connectivity index is 2.49. The lowest BCUT2D eigenvalue weighted by Crippen LogP contribution is -2.40. The van der Waals surface area contributed by atoms with E-state index in [1.165, 1.54) is 0 Å². The van der Waals surface area contributed by atoms with E-state index in [0.717, 1.165) is 16.9 Å². The smallest absolute Gasteiger partial charge is 0.136 e. The molecule has 0 aliphatic heterocycles. The van der Waals surface area contributed by atoms with Gasteiger partial charge in [-0.3, -0.25) is 4.79 Å². The number of hydrogen-bond donors (Lipinski definition) is 0. The third-order valence-corrected chi connectivity index (χ3v) is 3.23. The number of benzene rings is 1. The summed E-state index contributed by atoms with van der Waals surface area (Å²) >= 11 is 0. The number of carbonyl (C=O) groups excluding carboxylic acids is 1. The Labute approximate surface area is 94.6 Å². The second kappa shape index (κ2) is 3.64. The summed E-state index contributed by atoms with van der Waals surface area (Å²) in [5.74, 6) is 0.926. The molecule has 0 atom stereocenters. The number of ether oxygens (including phenoxy) is 1. The van der Waals surface area contributed by atoms with Crippen molar-refractivity contribution in [3.05, 3.63) is 29.3 Å². The molecule has 0 unspecified atom stereocenters. The Hall–Kier alpha value is -1.82. The van der Waals surface area contributed by atoms with Crippen molar-refractivity contribution in [3.8, 4) is 11.8 Å². The molecule has 1 aliphatic rings. The maximum atomic E-state index is 11.1. The molecule has 0 bridgehead atoms. The minimum Gasteiger partial charge on any atom is -0.496 e. The van der Waals surface area contributed by atoms with Crippen molar-refractivity contribution in [1.29, 1.82) is 5.26 Å². The van der Waals surface area contributed by atoms with Crippen LogP contribution in [0.15, 0.2) is 18.2 Å². The van der Waals surface area contributed by atoms with Gasteiger partial charge < -0.3 is 4.74 Å². The summed E-state index contributed by atoms with van der Waals surface area (Å²) < 4.78 is 5.23. The summed E-state index contributed by atoms with van der Waals surface area (Å²) in [6.07, 6.45) is 0.662. The van der Waals surface area contributed by atoms with Gasteiger partial charge in [-0.25, -0.2) is 0 Å². The van der Waals surface area contributed by atoms with Crippen LogP contribution in [0.2, 0.25) is 0 Å². The zero-order chi connectivity index (χ0) is 11.8. The lowest BCUT2D eigenvalue weighted by Gasteiger charge is -2.35. The van der Waals surface area contributed by atoms with Gasteiger partial charge in [-0.05, 0) is 24.1 Å². The zero-order valence-corrected chi connectivity index (χ0v) is 9.41. The minimum atomic E-state index is -0.615. The van der Waals surface area contributed by atoms with Crippen LogP contribution in [0, 0.1) is 18.3 Å². The molecule has 1 fully saturated rings. The molecule has 3 nitrogen and oxygen atoms in total. The van der Waals surface area contributed by atoms with Gasteiger partial charge in [-0.15, -0.1) is 0 Å². The Morgan fingerprint density at radius 3 is 2.62 bits per heavy atom. The first kappa shape index (κ1) is 10.7. The van der Waals surface area contributed by atoms with E-state index in [1.807, 2.05) is 25.1 Å². The highest BCUT2D eigenvalue weighted by Crippen LogP contribution is 2.43. The van der Waals surface area contributed by atoms with Gasteiger partial charge in [-0.2, -0.15) is 5.26 Å². The number of rotatable bonds is 2. The first-order chi connectivity index (χ1) is 7.63. The number of nitriles is 1. The predicted octanol–water partition coefficient (Wildman–Crippen LogP) is 2.13. The van der Waals surface area contributed by atoms with Crippen LogP contribution in [-0.2, 0) is 10.2 Å². The van der Waals surface area contributed by atoms with E-state index in [-0.39, 0.29) is 5.78 Å². The van der Waals surface area contributed by atoms with E-state index < -0.39 is 5.41 Å². The SMILES string of the molecule is COc1cccc(C2(C#N)CC(=O)C2)c1C. The molecule has 0 aromatic heterocycles. The maximum Gasteiger partial charge on any atom is 0.136 e. The van der Waals surface area contributed by atoms with E-state index in [9.17, 15) is 10.1 Å². The molecule has 0 radical (unpaired) electrons. The molecule has 2 rings (SSSR count). The van der Waals surface area contributed by atoms with Crippen molar-refractivity contribution >= 4 is 5.78 Å². The van der Waals surface area contributed by atoms with Crippen molar-refractivity contribution in [2.75, 3.05) is 7.11 Å². The Bertz CT molecular complexity index is 477. The van der Waals surface area contributed by atoms with E-state index in [1.54, 1.807) is 7.11 Å². The fraction of sp³-hybridized carbons (Fsp3) is 0.385. The number of hydrogen-bond acceptors (Lipinski definition) is 3. The molecule has 0 N–H and O–H groups in total. The number of Topliss-reactive ketones (excluding diaryl/α,β-unsaturated/α-hetero) is 1. The Morgan fingerprint density at radius 1 is 1.44 bits per heavy atom. The van der Waals surface area contributed by atoms with Gasteiger partial charge in [0.25, 0.3) is 0 Å². The number of carbonyl (C=O) groups is 1. The summed E-state index contributed by atoms with van der Waals surface area (Å²) in [7, 11) is 1.61. The first-order valence-corrected chi connectivity index (χ1v) is 5.20. The van der Waals surface area contributed by atoms with Gasteiger partial charge in [0.05, 0.1) is 18.6 Å². The number of methoxy groups -OCH3 is 1. The van der Waals surface area contributed by atoms with Crippen LogP contribution in [0.1, 0.15) is 24.0 Å². The Morgan fingerprint density at radius 2 is 2.12 bits per heavy atom. The first-order valence-electron chi connectivity index (χ1n) is 5.20. The minimum absolute atomic E-state index is 0.156. The van der Waals surface area contributed by atoms with Gasteiger partial charge in [0.1, 0.15) is 11.5 Å². The third kappa shape index (κ3) is 1.38. The summed E-state index contributed by atoms with van der Waals surface area (Å²) in [5, 5.41) is 9.25. The van der Waals surface area contributed by atoms with Crippen molar-refractivity contribution < 1.29 is 9.53 Å². The van der Waals surface area contributed by atoms with E-state index in [2.05, 4.69) is 6.07 Å². The molecule has 1 saturated carbocycles. The second-order valence-corrected chi connectivity index (χ2v) is 4.22. The van der Waals surface area contributed by atoms with Crippen LogP contribution in [0.4, 0.5) is 0 Å². The van der Waals surface area contributed by atoms with Crippen LogP contribution in [0.5, 0.6) is 5.75 Å². The van der Waals surface area contributed by atoms with Crippen LogP contribution < -0.4 is 4.74 Å². The Kier molecular flexibility index (Phi) is 2.43. The maximum absolute atomic E-state index is 11.1. The van der Waals surface area contributed by atoms with E-state index in [4.69, 9.17) is 4.74 Å². The molecule has 0 saturated heterocycles. The summed E-state index contributed by atoms with van der Waals surface area (Å²) in [6, 6.07) is 7.92. The van der Waals surface area contributed by atoms with E-state index in [0.29, 0.717) is 12.8 Å². The quantitative estimate of drug-likeness (QED) is 0.759. The topological polar surface area (TPSA) is 50.1 Å². The van der Waals surface area contributed by atoms with Crippen molar-refractivity contribution in [3.63, 3.8) is 0 Å². The van der Waals surface area contributed by atoms with Gasteiger partial charge in [0.2, 0.25) is 0 Å². The third-order valence-electron chi connectivity index (χ3n) is 3.23. The molecule has 3 heteroatoms. The van der Waals surface area contributed by atoms with Gasteiger partial charge in [0, 0.05) is 12.8 Å². The number of nitrogens with zero attached hydrogens (tertiary/aromatic N) is 1. The molecule has 0 heterocycles. The zero-order valence-electron chi connectivity index (χ0n) is 9.41. The molecule has 1 aliphatic carbocycles. The highest BCUT2D eigenvalue weighted by atomic mass is 16.5. The summed E-state index contributed by atoms with van der Waals surface area (Å²) in [5.41, 5.74) is 1.27. The fourth-order valence-corrected chi connectivity index (χ4v) is 2.31.